The molecule has 8 heteroatoms. The normalized spacial score (nSPS) is 15.5. The van der Waals surface area contributed by atoms with E-state index in [9.17, 15) is 0 Å². The number of hydrogen-bond donors (Lipinski definition) is 0. The molecule has 0 unspecified atom stereocenters. The van der Waals surface area contributed by atoms with Gasteiger partial charge in [0.25, 0.3) is 0 Å². The van der Waals surface area contributed by atoms with Gasteiger partial charge in [-0.3, -0.25) is 4.90 Å². The Morgan fingerprint density at radius 1 is 1.00 bits per heavy atom. The lowest BCUT2D eigenvalue weighted by molar-refractivity contribution is 0.247. The molecule has 0 aromatic carbocycles. The maximum absolute atomic E-state index is 5.28. The van der Waals surface area contributed by atoms with Crippen molar-refractivity contribution < 1.29 is 4.52 Å². The van der Waals surface area contributed by atoms with Crippen LogP contribution < -0.4 is 4.90 Å². The van der Waals surface area contributed by atoms with E-state index in [0.717, 1.165) is 71.3 Å². The van der Waals surface area contributed by atoms with Gasteiger partial charge in [-0.05, 0) is 39.8 Å². The number of rotatable bonds is 4. The van der Waals surface area contributed by atoms with Gasteiger partial charge in [-0.2, -0.15) is 0 Å². The maximum atomic E-state index is 5.28. The van der Waals surface area contributed by atoms with Crippen molar-refractivity contribution in [3.05, 3.63) is 39.9 Å². The van der Waals surface area contributed by atoms with Gasteiger partial charge in [0.05, 0.1) is 21.3 Å². The average molecular weight is 385 g/mol. The Bertz CT molecular complexity index is 905. The first-order valence-corrected chi connectivity index (χ1v) is 10.00. The molecule has 142 valence electrons. The van der Waals surface area contributed by atoms with Gasteiger partial charge in [-0.1, -0.05) is 5.16 Å². The van der Waals surface area contributed by atoms with Gasteiger partial charge in [-0.25, -0.2) is 4.98 Å². The van der Waals surface area contributed by atoms with E-state index in [0.29, 0.717) is 0 Å². The van der Waals surface area contributed by atoms with Crippen LogP contribution in [0.4, 0.5) is 5.82 Å². The van der Waals surface area contributed by atoms with Gasteiger partial charge < -0.3 is 9.42 Å². The van der Waals surface area contributed by atoms with Crippen molar-refractivity contribution in [1.29, 1.82) is 0 Å². The number of anilines is 1. The quantitative estimate of drug-likeness (QED) is 0.684. The molecule has 1 aliphatic rings. The molecule has 0 aliphatic carbocycles. The van der Waals surface area contributed by atoms with Crippen molar-refractivity contribution >= 4 is 17.2 Å². The Morgan fingerprint density at radius 2 is 1.78 bits per heavy atom. The molecule has 7 nitrogen and oxygen atoms in total. The standard InChI is InChI=1S/C19H24N6OS/c1-12-16(14(3)26-23-12)11-24-7-9-25(10-8-24)18-6-5-17(21-22-18)19-13(2)20-15(4)27-19/h5-6H,7-11H2,1-4H3. The van der Waals surface area contributed by atoms with E-state index in [1.165, 1.54) is 5.56 Å². The first-order valence-electron chi connectivity index (χ1n) is 9.18. The lowest BCUT2D eigenvalue weighted by atomic mass is 10.2. The van der Waals surface area contributed by atoms with Gasteiger partial charge >= 0.3 is 0 Å². The fourth-order valence-electron chi connectivity index (χ4n) is 3.47. The monoisotopic (exact) mass is 384 g/mol. The molecule has 0 bridgehead atoms. The predicted molar refractivity (Wildman–Crippen MR) is 106 cm³/mol. The van der Waals surface area contributed by atoms with Gasteiger partial charge in [0.2, 0.25) is 0 Å². The second kappa shape index (κ2) is 7.36. The fourth-order valence-corrected chi connectivity index (χ4v) is 4.36. The zero-order valence-electron chi connectivity index (χ0n) is 16.2. The molecule has 3 aromatic heterocycles. The fraction of sp³-hybridized carbons (Fsp3) is 0.474. The molecule has 1 saturated heterocycles. The van der Waals surface area contributed by atoms with Crippen molar-refractivity contribution in [3.8, 4) is 10.6 Å². The molecule has 0 N–H and O–H groups in total. The van der Waals surface area contributed by atoms with Crippen molar-refractivity contribution in [3.63, 3.8) is 0 Å². The number of nitrogens with zero attached hydrogens (tertiary/aromatic N) is 6. The number of hydrogen-bond acceptors (Lipinski definition) is 8. The van der Waals surface area contributed by atoms with Gasteiger partial charge in [0.1, 0.15) is 11.5 Å². The summed E-state index contributed by atoms with van der Waals surface area (Å²) in [6.07, 6.45) is 0. The summed E-state index contributed by atoms with van der Waals surface area (Å²) in [7, 11) is 0. The van der Waals surface area contributed by atoms with Crippen LogP contribution in [0.1, 0.15) is 27.7 Å². The van der Waals surface area contributed by atoms with E-state index >= 15 is 0 Å². The molecule has 4 heterocycles. The highest BCUT2D eigenvalue weighted by Crippen LogP contribution is 2.28. The first-order chi connectivity index (χ1) is 13.0. The smallest absolute Gasteiger partial charge is 0.151 e. The summed E-state index contributed by atoms with van der Waals surface area (Å²) in [5.74, 6) is 1.86. The lowest BCUT2D eigenvalue weighted by Crippen LogP contribution is -2.46. The summed E-state index contributed by atoms with van der Waals surface area (Å²) in [5, 5.41) is 14.0. The van der Waals surface area contributed by atoms with Gasteiger partial charge in [0.15, 0.2) is 5.82 Å². The lowest BCUT2D eigenvalue weighted by Gasteiger charge is -2.35. The van der Waals surface area contributed by atoms with Crippen LogP contribution in [-0.4, -0.2) is 51.4 Å². The van der Waals surface area contributed by atoms with Crippen LogP contribution in [0, 0.1) is 27.7 Å². The molecule has 3 aromatic rings. The number of thiazole rings is 1. The van der Waals surface area contributed by atoms with Crippen molar-refractivity contribution in [1.82, 2.24) is 25.2 Å². The Hall–Kier alpha value is -2.32. The molecular formula is C19H24N6OS. The molecular weight excluding hydrogens is 360 g/mol. The van der Waals surface area contributed by atoms with E-state index in [-0.39, 0.29) is 0 Å². The van der Waals surface area contributed by atoms with Crippen molar-refractivity contribution in [2.24, 2.45) is 0 Å². The van der Waals surface area contributed by atoms with E-state index in [1.807, 2.05) is 27.7 Å². The molecule has 0 spiro atoms. The third kappa shape index (κ3) is 3.72. The maximum Gasteiger partial charge on any atom is 0.151 e. The topological polar surface area (TPSA) is 71.2 Å². The summed E-state index contributed by atoms with van der Waals surface area (Å²) >= 11 is 1.67. The Balaban J connectivity index is 1.39. The van der Waals surface area contributed by atoms with E-state index < -0.39 is 0 Å². The second-order valence-electron chi connectivity index (χ2n) is 6.99. The SMILES string of the molecule is Cc1nc(C)c(-c2ccc(N3CCN(Cc4c(C)noc4C)CC3)nn2)s1. The molecule has 0 atom stereocenters. The van der Waals surface area contributed by atoms with E-state index in [2.05, 4.69) is 42.3 Å². The highest BCUT2D eigenvalue weighted by atomic mass is 32.1. The minimum absolute atomic E-state index is 0.892. The third-order valence-electron chi connectivity index (χ3n) is 5.05. The van der Waals surface area contributed by atoms with Crippen LogP contribution in [0.5, 0.6) is 0 Å². The summed E-state index contributed by atoms with van der Waals surface area (Å²) in [6, 6.07) is 4.12. The Kier molecular flexibility index (Phi) is 4.92. The molecule has 27 heavy (non-hydrogen) atoms. The zero-order chi connectivity index (χ0) is 19.0. The summed E-state index contributed by atoms with van der Waals surface area (Å²) in [4.78, 5) is 10.3. The van der Waals surface area contributed by atoms with Crippen molar-refractivity contribution in [2.75, 3.05) is 31.1 Å². The van der Waals surface area contributed by atoms with Crippen molar-refractivity contribution in [2.45, 2.75) is 34.2 Å². The number of aryl methyl sites for hydroxylation is 4. The van der Waals surface area contributed by atoms with Crippen LogP contribution in [0.15, 0.2) is 16.7 Å². The largest absolute Gasteiger partial charge is 0.361 e. The highest BCUT2D eigenvalue weighted by Gasteiger charge is 2.21. The Morgan fingerprint density at radius 3 is 2.33 bits per heavy atom. The van der Waals surface area contributed by atoms with Gasteiger partial charge in [0, 0.05) is 38.3 Å². The van der Waals surface area contributed by atoms with E-state index in [4.69, 9.17) is 4.52 Å². The predicted octanol–water partition coefficient (Wildman–Crippen LogP) is 3.14. The molecule has 0 saturated carbocycles. The molecule has 4 rings (SSSR count). The summed E-state index contributed by atoms with van der Waals surface area (Å²) in [5.41, 5.74) is 4.12. The van der Waals surface area contributed by atoms with Crippen LogP contribution in [-0.2, 0) is 6.54 Å². The van der Waals surface area contributed by atoms with Crippen LogP contribution in [0.2, 0.25) is 0 Å². The number of piperazine rings is 1. The Labute approximate surface area is 163 Å². The van der Waals surface area contributed by atoms with Crippen LogP contribution >= 0.6 is 11.3 Å². The van der Waals surface area contributed by atoms with Crippen LogP contribution in [0.3, 0.4) is 0 Å². The molecule has 1 fully saturated rings. The second-order valence-corrected chi connectivity index (χ2v) is 8.19. The van der Waals surface area contributed by atoms with Gasteiger partial charge in [-0.15, -0.1) is 21.5 Å². The first kappa shape index (κ1) is 18.1. The zero-order valence-corrected chi connectivity index (χ0v) is 17.0. The van der Waals surface area contributed by atoms with Crippen LogP contribution in [0.25, 0.3) is 10.6 Å². The molecule has 1 aliphatic heterocycles. The number of aromatic nitrogens is 4. The minimum atomic E-state index is 0.892. The molecule has 0 radical (unpaired) electrons. The summed E-state index contributed by atoms with van der Waals surface area (Å²) in [6.45, 7) is 12.8. The third-order valence-corrected chi connectivity index (χ3v) is 6.14. The van der Waals surface area contributed by atoms with E-state index in [1.54, 1.807) is 11.3 Å². The summed E-state index contributed by atoms with van der Waals surface area (Å²) < 4.78 is 5.28. The highest BCUT2D eigenvalue weighted by molar-refractivity contribution is 7.15. The minimum Gasteiger partial charge on any atom is -0.361 e. The molecule has 0 amide bonds. The average Bonchev–Trinajstić information content (AvgIpc) is 3.18.